The summed E-state index contributed by atoms with van der Waals surface area (Å²) in [4.78, 5) is 12.1. The van der Waals surface area contributed by atoms with Crippen molar-refractivity contribution in [2.75, 3.05) is 0 Å². The van der Waals surface area contributed by atoms with E-state index in [-0.39, 0.29) is 5.91 Å². The number of hydrogen-bond donors (Lipinski definition) is 1. The summed E-state index contributed by atoms with van der Waals surface area (Å²) in [6.07, 6.45) is 1.88. The summed E-state index contributed by atoms with van der Waals surface area (Å²) >= 11 is 0. The number of rotatable bonds is 7. The SMILES string of the molecule is Cc1ccc(CC(=O)N/N=C/c2ccc(OCc3ccccc3C#N)cc2)c(C)c1. The Morgan fingerprint density at radius 1 is 1.07 bits per heavy atom. The van der Waals surface area contributed by atoms with Gasteiger partial charge in [-0.3, -0.25) is 4.79 Å². The third-order valence-corrected chi connectivity index (χ3v) is 4.66. The van der Waals surface area contributed by atoms with E-state index in [1.165, 1.54) is 5.56 Å². The molecule has 0 saturated carbocycles. The first-order valence-corrected chi connectivity index (χ1v) is 9.64. The van der Waals surface area contributed by atoms with Gasteiger partial charge in [-0.05, 0) is 60.9 Å². The number of nitrogens with zero attached hydrogens (tertiary/aromatic N) is 2. The van der Waals surface area contributed by atoms with Crippen LogP contribution in [0.5, 0.6) is 5.75 Å². The van der Waals surface area contributed by atoms with Crippen molar-refractivity contribution in [1.29, 1.82) is 5.26 Å². The fraction of sp³-hybridized carbons (Fsp3) is 0.160. The molecule has 0 heterocycles. The summed E-state index contributed by atoms with van der Waals surface area (Å²) in [5.74, 6) is 0.535. The molecule has 150 valence electrons. The van der Waals surface area contributed by atoms with Gasteiger partial charge >= 0.3 is 0 Å². The van der Waals surface area contributed by atoms with Crippen molar-refractivity contribution in [2.24, 2.45) is 5.10 Å². The first kappa shape index (κ1) is 20.8. The van der Waals surface area contributed by atoms with E-state index in [1.807, 2.05) is 68.4 Å². The Balaban J connectivity index is 1.50. The molecule has 0 radical (unpaired) electrons. The summed E-state index contributed by atoms with van der Waals surface area (Å²) < 4.78 is 5.75. The normalized spacial score (nSPS) is 10.6. The number of hydrogen-bond acceptors (Lipinski definition) is 4. The minimum Gasteiger partial charge on any atom is -0.489 e. The molecule has 5 nitrogen and oxygen atoms in total. The van der Waals surface area contributed by atoms with Crippen LogP contribution in [0.4, 0.5) is 0 Å². The molecule has 0 fully saturated rings. The van der Waals surface area contributed by atoms with Crippen molar-refractivity contribution < 1.29 is 9.53 Å². The highest BCUT2D eigenvalue weighted by Gasteiger charge is 2.05. The summed E-state index contributed by atoms with van der Waals surface area (Å²) in [6.45, 7) is 4.36. The zero-order valence-corrected chi connectivity index (χ0v) is 17.1. The Kier molecular flexibility index (Phi) is 6.96. The van der Waals surface area contributed by atoms with Crippen LogP contribution in [0.2, 0.25) is 0 Å². The topological polar surface area (TPSA) is 74.5 Å². The lowest BCUT2D eigenvalue weighted by Crippen LogP contribution is -2.20. The lowest BCUT2D eigenvalue weighted by atomic mass is 10.0. The molecule has 5 heteroatoms. The number of ether oxygens (including phenoxy) is 1. The van der Waals surface area contributed by atoms with Gasteiger partial charge in [-0.15, -0.1) is 0 Å². The minimum atomic E-state index is -0.158. The number of nitriles is 1. The molecule has 0 aliphatic rings. The van der Waals surface area contributed by atoms with Crippen molar-refractivity contribution >= 4 is 12.1 Å². The lowest BCUT2D eigenvalue weighted by Gasteiger charge is -2.08. The molecule has 0 aromatic heterocycles. The molecule has 0 unspecified atom stereocenters. The maximum Gasteiger partial charge on any atom is 0.244 e. The van der Waals surface area contributed by atoms with Crippen LogP contribution < -0.4 is 10.2 Å². The molecular formula is C25H23N3O2. The Morgan fingerprint density at radius 3 is 2.57 bits per heavy atom. The van der Waals surface area contributed by atoms with Gasteiger partial charge in [0.15, 0.2) is 0 Å². The summed E-state index contributed by atoms with van der Waals surface area (Å²) in [6, 6.07) is 22.9. The molecule has 3 rings (SSSR count). The van der Waals surface area contributed by atoms with Gasteiger partial charge in [0, 0.05) is 5.56 Å². The quantitative estimate of drug-likeness (QED) is 0.473. The van der Waals surface area contributed by atoms with Gasteiger partial charge < -0.3 is 4.74 Å². The molecule has 0 atom stereocenters. The monoisotopic (exact) mass is 397 g/mol. The van der Waals surface area contributed by atoms with E-state index < -0.39 is 0 Å². The van der Waals surface area contributed by atoms with E-state index >= 15 is 0 Å². The van der Waals surface area contributed by atoms with Crippen molar-refractivity contribution in [3.63, 3.8) is 0 Å². The smallest absolute Gasteiger partial charge is 0.244 e. The standard InChI is InChI=1S/C25H23N3O2/c1-18-7-10-21(19(2)13-18)14-25(29)28-27-16-20-8-11-24(12-9-20)30-17-23-6-4-3-5-22(23)15-26/h3-13,16H,14,17H2,1-2H3,(H,28,29)/b27-16+. The number of carbonyl (C=O) groups is 1. The number of benzene rings is 3. The lowest BCUT2D eigenvalue weighted by molar-refractivity contribution is -0.120. The number of amides is 1. The Hall–Kier alpha value is -3.91. The predicted molar refractivity (Wildman–Crippen MR) is 117 cm³/mol. The molecular weight excluding hydrogens is 374 g/mol. The van der Waals surface area contributed by atoms with Gasteiger partial charge in [0.1, 0.15) is 12.4 Å². The van der Waals surface area contributed by atoms with E-state index in [0.717, 1.165) is 22.3 Å². The second-order valence-electron chi connectivity index (χ2n) is 7.03. The average Bonchev–Trinajstić information content (AvgIpc) is 2.75. The molecule has 3 aromatic rings. The third kappa shape index (κ3) is 5.79. The van der Waals surface area contributed by atoms with E-state index in [1.54, 1.807) is 12.3 Å². The molecule has 30 heavy (non-hydrogen) atoms. The fourth-order valence-electron chi connectivity index (χ4n) is 3.00. The average molecular weight is 397 g/mol. The van der Waals surface area contributed by atoms with E-state index in [0.29, 0.717) is 24.3 Å². The van der Waals surface area contributed by atoms with Gasteiger partial charge in [-0.1, -0.05) is 42.0 Å². The van der Waals surface area contributed by atoms with E-state index in [4.69, 9.17) is 10.00 Å². The number of hydrazone groups is 1. The first-order valence-electron chi connectivity index (χ1n) is 9.64. The van der Waals surface area contributed by atoms with Crippen LogP contribution in [0.15, 0.2) is 71.8 Å². The minimum absolute atomic E-state index is 0.158. The fourth-order valence-corrected chi connectivity index (χ4v) is 3.00. The van der Waals surface area contributed by atoms with Crippen LogP contribution in [0, 0.1) is 25.2 Å². The number of carbonyl (C=O) groups excluding carboxylic acids is 1. The Labute approximate surface area is 176 Å². The maximum absolute atomic E-state index is 12.1. The van der Waals surface area contributed by atoms with Crippen molar-refractivity contribution in [1.82, 2.24) is 5.43 Å². The van der Waals surface area contributed by atoms with Crippen molar-refractivity contribution in [3.05, 3.63) is 100 Å². The number of nitrogens with one attached hydrogen (secondary N) is 1. The third-order valence-electron chi connectivity index (χ3n) is 4.66. The molecule has 0 aliphatic heterocycles. The molecule has 0 spiro atoms. The zero-order valence-electron chi connectivity index (χ0n) is 17.1. The Bertz CT molecular complexity index is 1100. The van der Waals surface area contributed by atoms with Crippen LogP contribution in [0.25, 0.3) is 0 Å². The first-order chi connectivity index (χ1) is 14.5. The van der Waals surface area contributed by atoms with E-state index in [9.17, 15) is 4.79 Å². The van der Waals surface area contributed by atoms with Crippen molar-refractivity contribution in [3.8, 4) is 11.8 Å². The van der Waals surface area contributed by atoms with E-state index in [2.05, 4.69) is 22.7 Å². The van der Waals surface area contributed by atoms with Gasteiger partial charge in [-0.25, -0.2) is 5.43 Å². The van der Waals surface area contributed by atoms with Crippen LogP contribution in [-0.4, -0.2) is 12.1 Å². The largest absolute Gasteiger partial charge is 0.489 e. The summed E-state index contributed by atoms with van der Waals surface area (Å²) in [7, 11) is 0. The van der Waals surface area contributed by atoms with Gasteiger partial charge in [0.25, 0.3) is 0 Å². The second-order valence-corrected chi connectivity index (χ2v) is 7.03. The predicted octanol–water partition coefficient (Wildman–Crippen LogP) is 4.45. The van der Waals surface area contributed by atoms with Gasteiger partial charge in [0.05, 0.1) is 24.3 Å². The zero-order chi connectivity index (χ0) is 21.3. The molecule has 0 saturated heterocycles. The Morgan fingerprint density at radius 2 is 1.83 bits per heavy atom. The van der Waals surface area contributed by atoms with Crippen LogP contribution in [-0.2, 0) is 17.8 Å². The molecule has 0 bridgehead atoms. The number of aryl methyl sites for hydroxylation is 2. The summed E-state index contributed by atoms with van der Waals surface area (Å²) in [5.41, 5.74) is 8.13. The van der Waals surface area contributed by atoms with Gasteiger partial charge in [0.2, 0.25) is 5.91 Å². The molecule has 1 amide bonds. The highest BCUT2D eigenvalue weighted by atomic mass is 16.5. The maximum atomic E-state index is 12.1. The van der Waals surface area contributed by atoms with Crippen LogP contribution in [0.3, 0.4) is 0 Å². The van der Waals surface area contributed by atoms with Crippen molar-refractivity contribution in [2.45, 2.75) is 26.9 Å². The molecule has 1 N–H and O–H groups in total. The molecule has 0 aliphatic carbocycles. The van der Waals surface area contributed by atoms with Crippen LogP contribution >= 0.6 is 0 Å². The highest BCUT2D eigenvalue weighted by molar-refractivity contribution is 5.83. The highest BCUT2D eigenvalue weighted by Crippen LogP contribution is 2.15. The van der Waals surface area contributed by atoms with Crippen LogP contribution in [0.1, 0.15) is 33.4 Å². The summed E-state index contributed by atoms with van der Waals surface area (Å²) in [5, 5.41) is 13.2. The second kappa shape index (κ2) is 10.0. The van der Waals surface area contributed by atoms with Gasteiger partial charge in [-0.2, -0.15) is 10.4 Å². The molecule has 3 aromatic carbocycles.